The summed E-state index contributed by atoms with van der Waals surface area (Å²) in [5.74, 6) is 3.91. The number of aryl methyl sites for hydroxylation is 1. The van der Waals surface area contributed by atoms with Crippen molar-refractivity contribution in [3.63, 3.8) is 0 Å². The lowest BCUT2D eigenvalue weighted by molar-refractivity contribution is 0.0370. The van der Waals surface area contributed by atoms with Crippen molar-refractivity contribution in [2.24, 2.45) is 4.99 Å². The summed E-state index contributed by atoms with van der Waals surface area (Å²) < 4.78 is 11.6. The molecule has 0 aliphatic carbocycles. The molecule has 0 saturated heterocycles. The van der Waals surface area contributed by atoms with Crippen LogP contribution in [0.4, 0.5) is 4.79 Å². The minimum absolute atomic E-state index is 0.325. The largest absolute Gasteiger partial charge is 0.481 e. The zero-order valence-corrected chi connectivity index (χ0v) is 15.6. The maximum Gasteiger partial charge on any atom is 0.415 e. The highest BCUT2D eigenvalue weighted by Gasteiger charge is 2.34. The summed E-state index contributed by atoms with van der Waals surface area (Å²) in [7, 11) is 0. The number of benzene rings is 1. The Morgan fingerprint density at radius 2 is 2.12 bits per heavy atom. The molecule has 1 aromatic rings. The maximum atomic E-state index is 12.5. The zero-order chi connectivity index (χ0) is 18.6. The Hall–Kier alpha value is -2.48. The molecule has 0 saturated carbocycles. The van der Waals surface area contributed by atoms with E-state index in [4.69, 9.17) is 15.9 Å². The molecule has 134 valence electrons. The van der Waals surface area contributed by atoms with E-state index >= 15 is 0 Å². The molecular formula is C20H26N2O3. The standard InChI is InChI=1S/C20H26N2O3/c1-7-9-17(24-16-11-8-10-14(2)15(16)3)18-21-12-13-22(18)19(23)25-20(4,5)6/h1,8,10-11,17H,9,12-13H2,2-6H3. The van der Waals surface area contributed by atoms with Crippen LogP contribution in [-0.2, 0) is 4.74 Å². The summed E-state index contributed by atoms with van der Waals surface area (Å²) >= 11 is 0. The first-order valence-electron chi connectivity index (χ1n) is 8.44. The molecule has 1 aliphatic heterocycles. The van der Waals surface area contributed by atoms with E-state index in [-0.39, 0.29) is 0 Å². The summed E-state index contributed by atoms with van der Waals surface area (Å²) in [6, 6.07) is 5.87. The van der Waals surface area contributed by atoms with Gasteiger partial charge in [-0.2, -0.15) is 0 Å². The van der Waals surface area contributed by atoms with Crippen LogP contribution in [0, 0.1) is 26.2 Å². The van der Waals surface area contributed by atoms with E-state index in [2.05, 4.69) is 10.9 Å². The van der Waals surface area contributed by atoms with E-state index in [1.54, 1.807) is 0 Å². The van der Waals surface area contributed by atoms with E-state index < -0.39 is 17.8 Å². The molecule has 0 spiro atoms. The van der Waals surface area contributed by atoms with Gasteiger partial charge in [-0.05, 0) is 51.8 Å². The second kappa shape index (κ2) is 7.60. The number of hydrogen-bond donors (Lipinski definition) is 0. The van der Waals surface area contributed by atoms with Crippen molar-refractivity contribution in [2.75, 3.05) is 13.1 Å². The Balaban J connectivity index is 2.22. The maximum absolute atomic E-state index is 12.5. The molecule has 1 aromatic carbocycles. The molecule has 5 heteroatoms. The minimum Gasteiger partial charge on any atom is -0.481 e. The molecule has 1 heterocycles. The van der Waals surface area contributed by atoms with Crippen molar-refractivity contribution in [1.29, 1.82) is 0 Å². The lowest BCUT2D eigenvalue weighted by atomic mass is 10.1. The van der Waals surface area contributed by atoms with E-state index in [1.165, 1.54) is 4.90 Å². The summed E-state index contributed by atoms with van der Waals surface area (Å²) in [6.07, 6.45) is 4.94. The average molecular weight is 342 g/mol. The second-order valence-electron chi connectivity index (χ2n) is 7.08. The number of aliphatic imine (C=N–C) groups is 1. The highest BCUT2D eigenvalue weighted by Crippen LogP contribution is 2.24. The number of amides is 1. The smallest absolute Gasteiger partial charge is 0.415 e. The summed E-state index contributed by atoms with van der Waals surface area (Å²) in [4.78, 5) is 18.5. The van der Waals surface area contributed by atoms with E-state index in [0.717, 1.165) is 16.9 Å². The number of ether oxygens (including phenoxy) is 2. The van der Waals surface area contributed by atoms with Crippen molar-refractivity contribution in [1.82, 2.24) is 4.90 Å². The number of carbonyl (C=O) groups excluding carboxylic acids is 1. The van der Waals surface area contributed by atoms with Crippen LogP contribution >= 0.6 is 0 Å². The monoisotopic (exact) mass is 342 g/mol. The van der Waals surface area contributed by atoms with Crippen molar-refractivity contribution < 1.29 is 14.3 Å². The van der Waals surface area contributed by atoms with Gasteiger partial charge >= 0.3 is 6.09 Å². The molecule has 1 atom stereocenters. The van der Waals surface area contributed by atoms with Gasteiger partial charge < -0.3 is 9.47 Å². The fourth-order valence-electron chi connectivity index (χ4n) is 2.54. The van der Waals surface area contributed by atoms with E-state index in [9.17, 15) is 4.79 Å². The Kier molecular flexibility index (Phi) is 5.73. The van der Waals surface area contributed by atoms with Crippen LogP contribution in [0.25, 0.3) is 0 Å². The van der Waals surface area contributed by atoms with Gasteiger partial charge in [-0.1, -0.05) is 12.1 Å². The summed E-state index contributed by atoms with van der Waals surface area (Å²) in [5.41, 5.74) is 1.61. The Labute approximate surface area is 150 Å². The number of hydrogen-bond acceptors (Lipinski definition) is 4. The number of nitrogens with zero attached hydrogens (tertiary/aromatic N) is 2. The fraction of sp³-hybridized carbons (Fsp3) is 0.500. The topological polar surface area (TPSA) is 51.1 Å². The first kappa shape index (κ1) is 18.9. The molecule has 1 unspecified atom stereocenters. The number of terminal acetylenes is 1. The fourth-order valence-corrected chi connectivity index (χ4v) is 2.54. The third kappa shape index (κ3) is 4.76. The van der Waals surface area contributed by atoms with E-state index in [1.807, 2.05) is 52.8 Å². The number of carbonyl (C=O) groups is 1. The molecule has 0 N–H and O–H groups in total. The third-order valence-corrected chi connectivity index (χ3v) is 3.90. The quantitative estimate of drug-likeness (QED) is 0.784. The van der Waals surface area contributed by atoms with Gasteiger partial charge in [0.15, 0.2) is 11.9 Å². The van der Waals surface area contributed by atoms with Crippen molar-refractivity contribution in [3.8, 4) is 18.1 Å². The van der Waals surface area contributed by atoms with Gasteiger partial charge in [-0.15, -0.1) is 12.3 Å². The third-order valence-electron chi connectivity index (χ3n) is 3.90. The van der Waals surface area contributed by atoms with Gasteiger partial charge in [-0.25, -0.2) is 4.79 Å². The highest BCUT2D eigenvalue weighted by atomic mass is 16.6. The molecule has 0 bridgehead atoms. The molecule has 25 heavy (non-hydrogen) atoms. The Morgan fingerprint density at radius 3 is 2.76 bits per heavy atom. The molecule has 2 rings (SSSR count). The van der Waals surface area contributed by atoms with Crippen LogP contribution in [0.3, 0.4) is 0 Å². The van der Waals surface area contributed by atoms with Gasteiger partial charge in [0.2, 0.25) is 0 Å². The van der Waals surface area contributed by atoms with Crippen LogP contribution in [0.2, 0.25) is 0 Å². The van der Waals surface area contributed by atoms with Gasteiger partial charge in [0.05, 0.1) is 19.5 Å². The van der Waals surface area contributed by atoms with Crippen molar-refractivity contribution in [2.45, 2.75) is 52.7 Å². The minimum atomic E-state index is -0.569. The van der Waals surface area contributed by atoms with Crippen molar-refractivity contribution in [3.05, 3.63) is 29.3 Å². The molecule has 1 amide bonds. The summed E-state index contributed by atoms with van der Waals surface area (Å²) in [6.45, 7) is 10.5. The molecule has 1 aliphatic rings. The second-order valence-corrected chi connectivity index (χ2v) is 7.08. The predicted molar refractivity (Wildman–Crippen MR) is 99.0 cm³/mol. The van der Waals surface area contributed by atoms with Crippen molar-refractivity contribution >= 4 is 11.9 Å². The average Bonchev–Trinajstić information content (AvgIpc) is 2.99. The van der Waals surface area contributed by atoms with Gasteiger partial charge in [-0.3, -0.25) is 9.89 Å². The van der Waals surface area contributed by atoms with E-state index in [0.29, 0.717) is 25.3 Å². The molecule has 5 nitrogen and oxygen atoms in total. The number of rotatable bonds is 4. The molecule has 0 aromatic heterocycles. The first-order valence-corrected chi connectivity index (χ1v) is 8.44. The number of amidine groups is 1. The highest BCUT2D eigenvalue weighted by molar-refractivity contribution is 5.99. The van der Waals surface area contributed by atoms with Crippen LogP contribution in [0.15, 0.2) is 23.2 Å². The normalized spacial score (nSPS) is 15.4. The predicted octanol–water partition coefficient (Wildman–Crippen LogP) is 3.72. The Morgan fingerprint density at radius 1 is 1.40 bits per heavy atom. The lowest BCUT2D eigenvalue weighted by Crippen LogP contribution is -2.45. The SMILES string of the molecule is C#CCC(Oc1cccc(C)c1C)C1=NCCN1C(=O)OC(C)(C)C. The summed E-state index contributed by atoms with van der Waals surface area (Å²) in [5, 5.41) is 0. The Bertz CT molecular complexity index is 711. The van der Waals surface area contributed by atoms with Crippen LogP contribution in [0.5, 0.6) is 5.75 Å². The van der Waals surface area contributed by atoms with Crippen LogP contribution in [-0.4, -0.2) is 41.6 Å². The van der Waals surface area contributed by atoms with Crippen LogP contribution < -0.4 is 4.74 Å². The zero-order valence-electron chi connectivity index (χ0n) is 15.6. The van der Waals surface area contributed by atoms with Gasteiger partial charge in [0, 0.05) is 0 Å². The first-order chi connectivity index (χ1) is 11.7. The van der Waals surface area contributed by atoms with Gasteiger partial charge in [0.1, 0.15) is 11.4 Å². The van der Waals surface area contributed by atoms with Gasteiger partial charge in [0.25, 0.3) is 0 Å². The molecule has 0 radical (unpaired) electrons. The molecular weight excluding hydrogens is 316 g/mol. The molecule has 0 fully saturated rings. The lowest BCUT2D eigenvalue weighted by Gasteiger charge is -2.28. The van der Waals surface area contributed by atoms with Crippen LogP contribution in [0.1, 0.15) is 38.3 Å².